The van der Waals surface area contributed by atoms with Crippen LogP contribution in [0.4, 0.5) is 16.4 Å². The molecule has 3 heterocycles. The number of hydrogen-bond acceptors (Lipinski definition) is 5. The number of carbonyl (C=O) groups excluding carboxylic acids is 1. The van der Waals surface area contributed by atoms with Crippen molar-refractivity contribution in [2.45, 2.75) is 18.9 Å². The van der Waals surface area contributed by atoms with Crippen molar-refractivity contribution in [2.75, 3.05) is 23.3 Å². The van der Waals surface area contributed by atoms with Crippen LogP contribution in [-0.2, 0) is 7.05 Å². The van der Waals surface area contributed by atoms with Crippen LogP contribution in [0.3, 0.4) is 0 Å². The van der Waals surface area contributed by atoms with Crippen LogP contribution in [0.15, 0.2) is 55.0 Å². The van der Waals surface area contributed by atoms with E-state index in [2.05, 4.69) is 30.6 Å². The zero-order valence-electron chi connectivity index (χ0n) is 15.7. The van der Waals surface area contributed by atoms with Crippen molar-refractivity contribution in [3.63, 3.8) is 0 Å². The minimum atomic E-state index is -0.228. The summed E-state index contributed by atoms with van der Waals surface area (Å²) >= 11 is 0. The maximum absolute atomic E-state index is 12.5. The highest BCUT2D eigenvalue weighted by Gasteiger charge is 2.23. The van der Waals surface area contributed by atoms with Crippen LogP contribution in [0.2, 0.25) is 0 Å². The fourth-order valence-corrected chi connectivity index (χ4v) is 3.43. The Labute approximate surface area is 163 Å². The van der Waals surface area contributed by atoms with Crippen LogP contribution in [0.25, 0.3) is 11.3 Å². The molecule has 8 heteroatoms. The van der Waals surface area contributed by atoms with Gasteiger partial charge in [-0.15, -0.1) is 0 Å². The number of amides is 2. The van der Waals surface area contributed by atoms with E-state index in [0.29, 0.717) is 12.4 Å². The summed E-state index contributed by atoms with van der Waals surface area (Å²) in [5.41, 5.74) is 1.84. The molecule has 0 aliphatic carbocycles. The van der Waals surface area contributed by atoms with Gasteiger partial charge in [0.1, 0.15) is 11.6 Å². The number of aryl methyl sites for hydroxylation is 1. The molecule has 8 nitrogen and oxygen atoms in total. The van der Waals surface area contributed by atoms with Crippen LogP contribution in [0.5, 0.6) is 0 Å². The number of anilines is 2. The van der Waals surface area contributed by atoms with Gasteiger partial charge < -0.3 is 10.2 Å². The molecule has 0 radical (unpaired) electrons. The zero-order chi connectivity index (χ0) is 19.3. The Kier molecular flexibility index (Phi) is 5.18. The highest BCUT2D eigenvalue weighted by molar-refractivity contribution is 5.89. The fourth-order valence-electron chi connectivity index (χ4n) is 3.43. The molecule has 4 rings (SSSR count). The molecular weight excluding hydrogens is 354 g/mol. The smallest absolute Gasteiger partial charge is 0.320 e. The molecule has 0 bridgehead atoms. The lowest BCUT2D eigenvalue weighted by Crippen LogP contribution is -2.49. The summed E-state index contributed by atoms with van der Waals surface area (Å²) in [5.74, 6) is 1.49. The molecule has 0 saturated carbocycles. The van der Waals surface area contributed by atoms with Crippen molar-refractivity contribution < 1.29 is 4.79 Å². The molecule has 3 aromatic rings. The Morgan fingerprint density at radius 3 is 2.86 bits per heavy atom. The highest BCUT2D eigenvalue weighted by Crippen LogP contribution is 2.21. The first-order valence-electron chi connectivity index (χ1n) is 9.37. The molecule has 1 aliphatic heterocycles. The van der Waals surface area contributed by atoms with Crippen LogP contribution < -0.4 is 15.5 Å². The van der Waals surface area contributed by atoms with Crippen LogP contribution >= 0.6 is 0 Å². The van der Waals surface area contributed by atoms with Gasteiger partial charge in [0.25, 0.3) is 0 Å². The van der Waals surface area contributed by atoms with Gasteiger partial charge in [0, 0.05) is 50.2 Å². The Balaban J connectivity index is 1.37. The zero-order valence-corrected chi connectivity index (χ0v) is 15.7. The molecule has 1 saturated heterocycles. The highest BCUT2D eigenvalue weighted by atomic mass is 16.2. The number of nitrogens with zero attached hydrogens (tertiary/aromatic N) is 5. The lowest BCUT2D eigenvalue weighted by molar-refractivity contribution is 0.246. The first-order valence-corrected chi connectivity index (χ1v) is 9.37. The number of urea groups is 1. The Morgan fingerprint density at radius 2 is 2.07 bits per heavy atom. The minimum absolute atomic E-state index is 0.0533. The third-order valence-electron chi connectivity index (χ3n) is 4.82. The number of aromatic nitrogens is 4. The molecule has 2 N–H and O–H groups in total. The predicted molar refractivity (Wildman–Crippen MR) is 108 cm³/mol. The normalized spacial score (nSPS) is 16.6. The molecule has 1 aliphatic rings. The summed E-state index contributed by atoms with van der Waals surface area (Å²) < 4.78 is 1.68. The van der Waals surface area contributed by atoms with Crippen molar-refractivity contribution in [2.24, 2.45) is 7.05 Å². The van der Waals surface area contributed by atoms with E-state index >= 15 is 0 Å². The molecular formula is C20H23N7O. The van der Waals surface area contributed by atoms with Gasteiger partial charge in [0.05, 0.1) is 11.9 Å². The van der Waals surface area contributed by atoms with Gasteiger partial charge >= 0.3 is 6.03 Å². The van der Waals surface area contributed by atoms with Crippen molar-refractivity contribution >= 4 is 17.7 Å². The van der Waals surface area contributed by atoms with E-state index in [9.17, 15) is 4.79 Å². The Morgan fingerprint density at radius 1 is 1.21 bits per heavy atom. The van der Waals surface area contributed by atoms with E-state index in [4.69, 9.17) is 0 Å². The second-order valence-corrected chi connectivity index (χ2v) is 6.85. The van der Waals surface area contributed by atoms with Gasteiger partial charge in [-0.3, -0.25) is 15.0 Å². The molecule has 0 spiro atoms. The summed E-state index contributed by atoms with van der Waals surface area (Å²) in [6.07, 6.45) is 7.03. The summed E-state index contributed by atoms with van der Waals surface area (Å²) in [7, 11) is 1.82. The van der Waals surface area contributed by atoms with Gasteiger partial charge in [-0.1, -0.05) is 30.3 Å². The summed E-state index contributed by atoms with van der Waals surface area (Å²) in [6.45, 7) is 1.63. The van der Waals surface area contributed by atoms with Gasteiger partial charge in [0.15, 0.2) is 0 Å². The van der Waals surface area contributed by atoms with Crippen molar-refractivity contribution in [3.8, 4) is 11.3 Å². The first-order chi connectivity index (χ1) is 13.7. The largest absolute Gasteiger partial charge is 0.353 e. The van der Waals surface area contributed by atoms with E-state index in [1.54, 1.807) is 23.3 Å². The number of hydrogen-bond donors (Lipinski definition) is 2. The fraction of sp³-hybridized carbons (Fsp3) is 0.300. The average molecular weight is 377 g/mol. The van der Waals surface area contributed by atoms with E-state index < -0.39 is 0 Å². The molecule has 2 aromatic heterocycles. The van der Waals surface area contributed by atoms with Crippen LogP contribution in [0.1, 0.15) is 12.8 Å². The number of nitrogens with one attached hydrogen (secondary N) is 2. The van der Waals surface area contributed by atoms with Crippen molar-refractivity contribution in [3.05, 3.63) is 55.0 Å². The molecule has 144 valence electrons. The van der Waals surface area contributed by atoms with Crippen LogP contribution in [0, 0.1) is 0 Å². The van der Waals surface area contributed by atoms with Crippen molar-refractivity contribution in [1.29, 1.82) is 0 Å². The maximum atomic E-state index is 12.5. The molecule has 28 heavy (non-hydrogen) atoms. The minimum Gasteiger partial charge on any atom is -0.353 e. The second kappa shape index (κ2) is 8.08. The second-order valence-electron chi connectivity index (χ2n) is 6.85. The summed E-state index contributed by atoms with van der Waals surface area (Å²) in [6, 6.07) is 11.6. The quantitative estimate of drug-likeness (QED) is 0.730. The Bertz CT molecular complexity index is 926. The number of piperidine rings is 1. The molecule has 0 unspecified atom stereocenters. The number of benzene rings is 1. The lowest BCUT2D eigenvalue weighted by atomic mass is 10.1. The molecule has 1 aromatic carbocycles. The third-order valence-corrected chi connectivity index (χ3v) is 4.82. The molecule has 1 fully saturated rings. The van der Waals surface area contributed by atoms with Gasteiger partial charge in [-0.2, -0.15) is 5.10 Å². The monoisotopic (exact) mass is 377 g/mol. The molecule has 2 amide bonds. The summed E-state index contributed by atoms with van der Waals surface area (Å²) in [4.78, 5) is 23.1. The van der Waals surface area contributed by atoms with E-state index in [1.165, 1.54) is 0 Å². The molecule has 1 atom stereocenters. The van der Waals surface area contributed by atoms with Gasteiger partial charge in [-0.05, 0) is 12.8 Å². The maximum Gasteiger partial charge on any atom is 0.320 e. The third kappa shape index (κ3) is 4.11. The van der Waals surface area contributed by atoms with Gasteiger partial charge in [-0.25, -0.2) is 9.78 Å². The van der Waals surface area contributed by atoms with E-state index in [1.807, 2.05) is 43.4 Å². The first kappa shape index (κ1) is 18.0. The van der Waals surface area contributed by atoms with Gasteiger partial charge in [0.2, 0.25) is 0 Å². The number of rotatable bonds is 4. The van der Waals surface area contributed by atoms with Crippen LogP contribution in [-0.4, -0.2) is 44.9 Å². The average Bonchev–Trinajstić information content (AvgIpc) is 3.10. The van der Waals surface area contributed by atoms with Crippen molar-refractivity contribution in [1.82, 2.24) is 25.1 Å². The SMILES string of the molecule is Cn1nc(-c2ccccc2)cc1NC(=O)N[C@H]1CCCN(c2cnccn2)C1. The topological polar surface area (TPSA) is 88.0 Å². The number of carbonyl (C=O) groups is 1. The standard InChI is InChI=1S/C20H23N7O/c1-26-18(12-17(25-26)15-6-3-2-4-7-15)24-20(28)23-16-8-5-11-27(14-16)19-13-21-9-10-22-19/h2-4,6-7,9-10,12-13,16H,5,8,11,14H2,1H3,(H2,23,24,28)/t16-/m0/s1. The van der Waals surface area contributed by atoms with E-state index in [-0.39, 0.29) is 12.1 Å². The predicted octanol–water partition coefficient (Wildman–Crippen LogP) is 2.67. The van der Waals surface area contributed by atoms with E-state index in [0.717, 1.165) is 36.5 Å². The Hall–Kier alpha value is -3.42. The lowest BCUT2D eigenvalue weighted by Gasteiger charge is -2.33. The summed E-state index contributed by atoms with van der Waals surface area (Å²) in [5, 5.41) is 10.5.